The molecule has 5 aromatic rings. The van der Waals surface area contributed by atoms with Gasteiger partial charge in [-0.25, -0.2) is 0 Å². The fourth-order valence-electron chi connectivity index (χ4n) is 15.4. The van der Waals surface area contributed by atoms with E-state index in [9.17, 15) is 55.2 Å². The number of likely N-dealkylation sites (N-methyl/N-ethyl adjacent to an activating group) is 1. The topological polar surface area (TPSA) is 484 Å². The molecule has 1 saturated heterocycles. The third-order valence-corrected chi connectivity index (χ3v) is 20.8. The highest BCUT2D eigenvalue weighted by Gasteiger charge is 2.51. The number of aliphatic hydroxyl groups excluding tert-OH is 5. The van der Waals surface area contributed by atoms with Crippen LogP contribution < -0.4 is 68.2 Å². The molecule has 0 unspecified atom stereocenters. The molecule has 6 aliphatic heterocycles. The molecule has 10 aliphatic rings. The van der Waals surface area contributed by atoms with Gasteiger partial charge in [0.1, 0.15) is 95.5 Å². The van der Waals surface area contributed by atoms with Crippen molar-refractivity contribution in [2.24, 2.45) is 41.1 Å². The number of aromatic hydroxyl groups is 3. The van der Waals surface area contributed by atoms with Crippen LogP contribution in [0.1, 0.15) is 123 Å². The average molecular weight is 1450 g/mol. The van der Waals surface area contributed by atoms with Crippen LogP contribution in [0.15, 0.2) is 78.9 Å². The molecule has 0 radical (unpaired) electrons. The molecule has 8 amide bonds. The summed E-state index contributed by atoms with van der Waals surface area (Å²) in [5.74, 6) is -12.5. The van der Waals surface area contributed by atoms with E-state index in [2.05, 4.69) is 42.5 Å². The largest absolute Gasteiger partial charge is 0.508 e. The van der Waals surface area contributed by atoms with Gasteiger partial charge in [-0.05, 0) is 171 Å². The summed E-state index contributed by atoms with van der Waals surface area (Å²) < 4.78 is 25.6. The number of halogens is 2. The summed E-state index contributed by atoms with van der Waals surface area (Å²) in [6.45, 7) is 3.58. The normalized spacial score (nSPS) is 30.1. The SMILES string of the molecule is CN[C@H](CC(C)C)C(=O)N[C@H]1C(=O)N[C@@H](CC(N)=O)C(=O)N[C@H]2C(=O)N[C@H]3C(=O)N[C@H](C(=O)N[C@H](C(=O)NC4C5CC6CC(C5)CC4C6)c4cc(O)cc(O)c4-c4cc3ccc4O)[C@H](O)c3ccc(c(Cl)c3)Oc3cc2cc(c3O[C@H]2O[C@@H](CCN)[C@H](O)[C@@H](O)[C@@H]2O)Oc2ccc(cc2Cl)[C@H]1O. The van der Waals surface area contributed by atoms with Crippen LogP contribution in [0.2, 0.25) is 10.0 Å². The monoisotopic (exact) mass is 1450 g/mol. The number of fused-ring (bicyclic) bond motifs is 15. The van der Waals surface area contributed by atoms with Gasteiger partial charge in [0, 0.05) is 23.2 Å². The predicted molar refractivity (Wildman–Crippen MR) is 361 cm³/mol. The molecule has 5 fully saturated rings. The Morgan fingerprint density at radius 3 is 1.83 bits per heavy atom. The molecule has 102 heavy (non-hydrogen) atoms. The van der Waals surface area contributed by atoms with Gasteiger partial charge >= 0.3 is 0 Å². The minimum absolute atomic E-state index is 0.0719. The van der Waals surface area contributed by atoms with E-state index in [1.54, 1.807) is 0 Å². The second-order valence-corrected chi connectivity index (χ2v) is 28.5. The number of phenols is 3. The molecule has 15 rings (SSSR count). The number of aliphatic hydroxyl groups is 5. The maximum atomic E-state index is 16.1. The molecule has 544 valence electrons. The van der Waals surface area contributed by atoms with Crippen molar-refractivity contribution < 1.29 is 98.2 Å². The zero-order valence-electron chi connectivity index (χ0n) is 55.3. The van der Waals surface area contributed by atoms with Crippen molar-refractivity contribution in [1.82, 2.24) is 42.5 Å². The summed E-state index contributed by atoms with van der Waals surface area (Å²) >= 11 is 14.1. The van der Waals surface area contributed by atoms with E-state index in [0.717, 1.165) is 80.6 Å². The number of primary amides is 1. The van der Waals surface area contributed by atoms with E-state index >= 15 is 24.0 Å². The van der Waals surface area contributed by atoms with Gasteiger partial charge in [-0.3, -0.25) is 38.4 Å². The van der Waals surface area contributed by atoms with Crippen molar-refractivity contribution in [2.45, 2.75) is 156 Å². The van der Waals surface area contributed by atoms with Crippen LogP contribution in [0, 0.1) is 29.6 Å². The van der Waals surface area contributed by atoms with Crippen LogP contribution in [-0.2, 0) is 43.1 Å². The Hall–Kier alpha value is -9.08. The predicted octanol–water partition coefficient (Wildman–Crippen LogP) is 2.08. The number of hydrogen-bond acceptors (Lipinski definition) is 22. The second-order valence-electron chi connectivity index (χ2n) is 27.7. The molecule has 20 N–H and O–H groups in total. The fraction of sp³-hybridized carbons (Fsp3) is 0.457. The molecule has 6 heterocycles. The minimum Gasteiger partial charge on any atom is -0.508 e. The van der Waals surface area contributed by atoms with Crippen molar-refractivity contribution >= 4 is 70.5 Å². The van der Waals surface area contributed by atoms with E-state index in [0.29, 0.717) is 11.8 Å². The first-order chi connectivity index (χ1) is 48.6. The Morgan fingerprint density at radius 2 is 1.24 bits per heavy atom. The molecular formula is C70H80Cl2N10O20. The number of nitrogens with two attached hydrogens (primary N) is 2. The lowest BCUT2D eigenvalue weighted by atomic mass is 9.54. The molecule has 4 saturated carbocycles. The van der Waals surface area contributed by atoms with E-state index in [1.807, 2.05) is 13.8 Å². The van der Waals surface area contributed by atoms with Gasteiger partial charge in [0.15, 0.2) is 11.5 Å². The van der Waals surface area contributed by atoms with Gasteiger partial charge in [-0.15, -0.1) is 0 Å². The van der Waals surface area contributed by atoms with E-state index in [-0.39, 0.29) is 98.1 Å². The standard InChI is InChI=1S/C70H80Cl2N10O20/c1-26(2)12-40(75-3)63(92)81-55-57(87)30-5-8-44(38(71)19-30)99-47-21-34-22-48(62(47)102-70-61(91)60(90)59(89)46(101-70)10-11-73)100-45-9-6-31(20-39(45)72)58(88)56-69(98)80-54(67(96)77-51-32-14-27-13-28(16-32)17-33(51)15-27)37-23-35(83)24-43(85)50(37)36-18-29(4-7-42(36)84)52(65(94)82-56)79-66(95)53(34)78-64(93)41(25-49(74)86)76-68(55)97/h4-9,18-24,26-28,32-33,40-41,46,51-61,70,75,83-85,87-91H,10-17,25,73H2,1-3H3,(H2,74,86)(H,76,97)(H,77,96)(H,78,93)(H,79,95)(H,80,98)(H,81,92)(H,82,94)/t27?,28?,32?,33?,40-,41+,46+,51?,52-,53-,54+,55-,56+,57-,58-,59+,60-,61+,70-/m1/s1. The maximum absolute atomic E-state index is 16.1. The Morgan fingerprint density at radius 1 is 0.637 bits per heavy atom. The number of carbonyl (C=O) groups excluding carboxylic acids is 8. The summed E-state index contributed by atoms with van der Waals surface area (Å²) in [5, 5.41) is 115. The van der Waals surface area contributed by atoms with Crippen LogP contribution in [0.5, 0.6) is 46.0 Å². The summed E-state index contributed by atoms with van der Waals surface area (Å²) in [6.07, 6.45) is -9.46. The molecule has 4 aliphatic carbocycles. The first kappa shape index (κ1) is 72.7. The summed E-state index contributed by atoms with van der Waals surface area (Å²) in [4.78, 5) is 120. The van der Waals surface area contributed by atoms with Crippen LogP contribution in [0.25, 0.3) is 11.1 Å². The zero-order chi connectivity index (χ0) is 73.0. The Kier molecular flexibility index (Phi) is 21.2. The second kappa shape index (κ2) is 29.7. The zero-order valence-corrected chi connectivity index (χ0v) is 56.8. The molecular weight excluding hydrogens is 1370 g/mol. The Balaban J connectivity index is 1.06. The van der Waals surface area contributed by atoms with Crippen molar-refractivity contribution in [3.63, 3.8) is 0 Å². The number of nitrogens with one attached hydrogen (secondary N) is 8. The Bertz CT molecular complexity index is 4120. The molecule has 0 spiro atoms. The summed E-state index contributed by atoms with van der Waals surface area (Å²) in [7, 11) is 1.49. The van der Waals surface area contributed by atoms with Gasteiger partial charge in [0.25, 0.3) is 0 Å². The maximum Gasteiger partial charge on any atom is 0.248 e. The quantitative estimate of drug-likeness (QED) is 0.0802. The van der Waals surface area contributed by atoms with Gasteiger partial charge in [0.2, 0.25) is 59.3 Å². The summed E-state index contributed by atoms with van der Waals surface area (Å²) in [6, 6.07) is 0.971. The number of carbonyl (C=O) groups is 8. The highest BCUT2D eigenvalue weighted by Crippen LogP contribution is 2.55. The first-order valence-electron chi connectivity index (χ1n) is 33.6. The number of hydrogen-bond donors (Lipinski definition) is 18. The lowest BCUT2D eigenvalue weighted by Gasteiger charge is -2.54. The highest BCUT2D eigenvalue weighted by molar-refractivity contribution is 6.32. The van der Waals surface area contributed by atoms with Gasteiger partial charge in [0.05, 0.1) is 28.6 Å². The molecule has 15 bridgehead atoms. The van der Waals surface area contributed by atoms with Gasteiger partial charge in [-0.1, -0.05) is 55.2 Å². The third-order valence-electron chi connectivity index (χ3n) is 20.2. The third kappa shape index (κ3) is 14.8. The molecule has 30 nitrogen and oxygen atoms in total. The minimum atomic E-state index is -2.27. The smallest absolute Gasteiger partial charge is 0.248 e. The molecule has 32 heteroatoms. The van der Waals surface area contributed by atoms with Crippen molar-refractivity contribution in [2.75, 3.05) is 13.6 Å². The van der Waals surface area contributed by atoms with E-state index in [4.69, 9.17) is 53.6 Å². The van der Waals surface area contributed by atoms with Crippen LogP contribution in [-0.4, -0.2) is 163 Å². The lowest BCUT2D eigenvalue weighted by molar-refractivity contribution is -0.273. The Labute approximate surface area is 593 Å². The van der Waals surface area contributed by atoms with E-state index in [1.165, 1.54) is 37.4 Å². The molecule has 0 aromatic heterocycles. The first-order valence-corrected chi connectivity index (χ1v) is 34.3. The fourth-order valence-corrected chi connectivity index (χ4v) is 15.9. The van der Waals surface area contributed by atoms with Crippen LogP contribution >= 0.6 is 23.2 Å². The van der Waals surface area contributed by atoms with Gasteiger partial charge < -0.3 is 114 Å². The van der Waals surface area contributed by atoms with Gasteiger partial charge in [-0.2, -0.15) is 0 Å². The molecule has 14 atom stereocenters. The van der Waals surface area contributed by atoms with E-state index < -0.39 is 179 Å². The van der Waals surface area contributed by atoms with Crippen molar-refractivity contribution in [3.05, 3.63) is 117 Å². The number of rotatable bonds is 13. The number of phenolic OH excluding ortho intramolecular Hbond substituents is 3. The highest BCUT2D eigenvalue weighted by atomic mass is 35.5. The van der Waals surface area contributed by atoms with Crippen LogP contribution in [0.3, 0.4) is 0 Å². The van der Waals surface area contributed by atoms with Crippen molar-refractivity contribution in [3.8, 4) is 57.1 Å². The van der Waals surface area contributed by atoms with Crippen LogP contribution in [0.4, 0.5) is 0 Å². The lowest BCUT2D eigenvalue weighted by Crippen LogP contribution is -2.59. The molecule has 5 aromatic carbocycles. The number of ether oxygens (including phenoxy) is 4. The summed E-state index contributed by atoms with van der Waals surface area (Å²) in [5.41, 5.74) is 9.74. The average Bonchev–Trinajstić information content (AvgIpc) is 0.775. The van der Waals surface area contributed by atoms with Crippen molar-refractivity contribution in [1.29, 1.82) is 0 Å². The number of benzene rings is 5. The number of amides is 8.